The van der Waals surface area contributed by atoms with Crippen molar-refractivity contribution in [1.29, 1.82) is 0 Å². The molecule has 0 saturated heterocycles. The maximum Gasteiger partial charge on any atom is 0.323 e. The Balaban J connectivity index is 4.15. The molecule has 3 atom stereocenters. The summed E-state index contributed by atoms with van der Waals surface area (Å²) < 4.78 is 0. The quantitative estimate of drug-likeness (QED) is 0.326. The molecule has 0 unspecified atom stereocenters. The molecule has 0 bridgehead atoms. The first-order chi connectivity index (χ1) is 7.75. The van der Waals surface area contributed by atoms with Crippen molar-refractivity contribution >= 4 is 17.7 Å². The fourth-order valence-electron chi connectivity index (χ4n) is 1.09. The van der Waals surface area contributed by atoms with Gasteiger partial charge in [0.1, 0.15) is 6.04 Å². The molecule has 0 aliphatic carbocycles. The second-order valence-electron chi connectivity index (χ2n) is 3.64. The summed E-state index contributed by atoms with van der Waals surface area (Å²) in [5, 5.41) is 26.1. The molecule has 0 amide bonds. The molecule has 0 aliphatic rings. The molecule has 0 rings (SSSR count). The average molecular weight is 248 g/mol. The first-order valence-corrected chi connectivity index (χ1v) is 4.92. The number of ketones is 1. The third-order valence-electron chi connectivity index (χ3n) is 2.19. The van der Waals surface area contributed by atoms with E-state index >= 15 is 0 Å². The van der Waals surface area contributed by atoms with E-state index in [4.69, 9.17) is 21.7 Å². The molecule has 0 spiro atoms. The lowest BCUT2D eigenvalue weighted by Gasteiger charge is -2.16. The van der Waals surface area contributed by atoms with Gasteiger partial charge in [0.2, 0.25) is 0 Å². The molecule has 7 N–H and O–H groups in total. The first-order valence-electron chi connectivity index (χ1n) is 4.92. The highest BCUT2D eigenvalue weighted by atomic mass is 16.4. The van der Waals surface area contributed by atoms with Crippen molar-refractivity contribution in [3.63, 3.8) is 0 Å². The van der Waals surface area contributed by atoms with Gasteiger partial charge in [0.05, 0.1) is 12.1 Å². The number of aliphatic hydroxyl groups excluding tert-OH is 1. The number of carbonyl (C=O) groups is 3. The van der Waals surface area contributed by atoms with Crippen LogP contribution in [0, 0.1) is 0 Å². The molecule has 0 aromatic carbocycles. The number of carboxylic acids is 2. The lowest BCUT2D eigenvalue weighted by molar-refractivity contribution is -0.141. The predicted molar refractivity (Wildman–Crippen MR) is 56.1 cm³/mol. The number of carboxylic acid groups (broad SMARTS) is 2. The van der Waals surface area contributed by atoms with E-state index in [0.29, 0.717) is 0 Å². The fourth-order valence-corrected chi connectivity index (χ4v) is 1.09. The molecule has 8 heteroatoms. The van der Waals surface area contributed by atoms with Crippen LogP contribution in [-0.4, -0.2) is 51.2 Å². The molecular weight excluding hydrogens is 232 g/mol. The van der Waals surface area contributed by atoms with Crippen LogP contribution in [-0.2, 0) is 14.4 Å². The predicted octanol–water partition coefficient (Wildman–Crippen LogP) is -2.09. The second-order valence-corrected chi connectivity index (χ2v) is 3.64. The first kappa shape index (κ1) is 15.5. The molecule has 98 valence electrons. The van der Waals surface area contributed by atoms with E-state index < -0.39 is 42.3 Å². The van der Waals surface area contributed by atoms with Gasteiger partial charge in [-0.1, -0.05) is 0 Å². The highest BCUT2D eigenvalue weighted by Crippen LogP contribution is 2.04. The summed E-state index contributed by atoms with van der Waals surface area (Å²) in [6, 6.07) is -2.60. The van der Waals surface area contributed by atoms with Gasteiger partial charge in [-0.05, 0) is 6.42 Å². The lowest BCUT2D eigenvalue weighted by atomic mass is 9.99. The van der Waals surface area contributed by atoms with Crippen LogP contribution >= 0.6 is 0 Å². The van der Waals surface area contributed by atoms with Gasteiger partial charge >= 0.3 is 11.9 Å². The van der Waals surface area contributed by atoms with E-state index in [0.717, 1.165) is 0 Å². The van der Waals surface area contributed by atoms with Crippen molar-refractivity contribution in [2.24, 2.45) is 11.5 Å². The van der Waals surface area contributed by atoms with E-state index in [9.17, 15) is 19.5 Å². The number of Topliss-reactive ketones (excluding diaryl/α,β-unsaturated/α-hetero) is 1. The molecule has 0 aliphatic heterocycles. The van der Waals surface area contributed by atoms with Gasteiger partial charge in [-0.25, -0.2) is 0 Å². The molecule has 8 nitrogen and oxygen atoms in total. The molecule has 0 aromatic rings. The van der Waals surface area contributed by atoms with E-state index in [2.05, 4.69) is 0 Å². The zero-order valence-corrected chi connectivity index (χ0v) is 9.07. The number of rotatable bonds is 8. The average Bonchev–Trinajstić information content (AvgIpc) is 2.24. The third kappa shape index (κ3) is 5.95. The number of aliphatic carboxylic acids is 2. The molecular formula is C9H16N2O6. The maximum atomic E-state index is 11.4. The van der Waals surface area contributed by atoms with Gasteiger partial charge < -0.3 is 26.8 Å². The van der Waals surface area contributed by atoms with Gasteiger partial charge in [0, 0.05) is 12.8 Å². The molecule has 0 heterocycles. The van der Waals surface area contributed by atoms with Crippen molar-refractivity contribution < 1.29 is 29.7 Å². The minimum atomic E-state index is -1.56. The fraction of sp³-hybridized carbons (Fsp3) is 0.667. The van der Waals surface area contributed by atoms with Crippen LogP contribution in [0.2, 0.25) is 0 Å². The normalized spacial score (nSPS) is 15.9. The summed E-state index contributed by atoms with van der Waals surface area (Å²) in [6.07, 6.45) is -2.37. The monoisotopic (exact) mass is 248 g/mol. The van der Waals surface area contributed by atoms with Gasteiger partial charge in [-0.15, -0.1) is 0 Å². The second kappa shape index (κ2) is 6.94. The summed E-state index contributed by atoms with van der Waals surface area (Å²) in [5.41, 5.74) is 10.5. The van der Waals surface area contributed by atoms with Crippen LogP contribution in [0.1, 0.15) is 19.3 Å². The van der Waals surface area contributed by atoms with Crippen molar-refractivity contribution in [2.45, 2.75) is 37.5 Å². The Morgan fingerprint density at radius 2 is 1.65 bits per heavy atom. The van der Waals surface area contributed by atoms with Crippen LogP contribution in [0.25, 0.3) is 0 Å². The smallest absolute Gasteiger partial charge is 0.323 e. The summed E-state index contributed by atoms with van der Waals surface area (Å²) in [5.74, 6) is -3.13. The van der Waals surface area contributed by atoms with Gasteiger partial charge in [-0.2, -0.15) is 0 Å². The topological polar surface area (TPSA) is 164 Å². The Morgan fingerprint density at radius 3 is 2.06 bits per heavy atom. The van der Waals surface area contributed by atoms with Crippen LogP contribution in [0.3, 0.4) is 0 Å². The number of carbonyl (C=O) groups excluding carboxylic acids is 1. The van der Waals surface area contributed by atoms with Crippen molar-refractivity contribution in [1.82, 2.24) is 0 Å². The van der Waals surface area contributed by atoms with E-state index in [1.165, 1.54) is 0 Å². The Bertz CT molecular complexity index is 306. The van der Waals surface area contributed by atoms with Crippen molar-refractivity contribution in [3.05, 3.63) is 0 Å². The summed E-state index contributed by atoms with van der Waals surface area (Å²) in [7, 11) is 0. The van der Waals surface area contributed by atoms with Crippen LogP contribution in [0.5, 0.6) is 0 Å². The van der Waals surface area contributed by atoms with Crippen LogP contribution in [0.4, 0.5) is 0 Å². The number of hydrogen-bond donors (Lipinski definition) is 5. The molecule has 0 radical (unpaired) electrons. The van der Waals surface area contributed by atoms with Crippen LogP contribution < -0.4 is 11.5 Å². The number of nitrogens with two attached hydrogens (primary N) is 2. The lowest BCUT2D eigenvalue weighted by Crippen LogP contribution is -2.45. The summed E-state index contributed by atoms with van der Waals surface area (Å²) >= 11 is 0. The zero-order chi connectivity index (χ0) is 13.6. The molecule has 0 aromatic heterocycles. The Labute approximate surface area is 97.2 Å². The largest absolute Gasteiger partial charge is 0.481 e. The number of aliphatic hydroxyl groups is 1. The molecule has 0 fully saturated rings. The number of hydrogen-bond acceptors (Lipinski definition) is 6. The van der Waals surface area contributed by atoms with Gasteiger partial charge in [0.25, 0.3) is 0 Å². The Hall–Kier alpha value is -1.51. The Kier molecular flexibility index (Phi) is 6.33. The van der Waals surface area contributed by atoms with E-state index in [1.807, 2.05) is 0 Å². The van der Waals surface area contributed by atoms with Gasteiger partial charge in [0.15, 0.2) is 5.78 Å². The standard InChI is InChI=1S/C9H16N2O6/c10-4(1-2-7(14)15)5(12)3-6(13)8(11)9(16)17/h4,6,8,13H,1-3,10-11H2,(H,14,15)(H,16,17)/t4-,6+,8-/m0/s1. The Morgan fingerprint density at radius 1 is 1.12 bits per heavy atom. The molecule has 17 heavy (non-hydrogen) atoms. The summed E-state index contributed by atoms with van der Waals surface area (Å²) in [6.45, 7) is 0. The molecule has 0 saturated carbocycles. The zero-order valence-electron chi connectivity index (χ0n) is 9.07. The van der Waals surface area contributed by atoms with Crippen LogP contribution in [0.15, 0.2) is 0 Å². The highest BCUT2D eigenvalue weighted by Gasteiger charge is 2.26. The third-order valence-corrected chi connectivity index (χ3v) is 2.19. The SMILES string of the molecule is N[C@H](C(=O)O)[C@H](O)CC(=O)[C@@H](N)CCC(=O)O. The maximum absolute atomic E-state index is 11.4. The van der Waals surface area contributed by atoms with Crippen molar-refractivity contribution in [3.8, 4) is 0 Å². The highest BCUT2D eigenvalue weighted by molar-refractivity contribution is 5.85. The minimum Gasteiger partial charge on any atom is -0.481 e. The van der Waals surface area contributed by atoms with Gasteiger partial charge in [-0.3, -0.25) is 14.4 Å². The summed E-state index contributed by atoms with van der Waals surface area (Å²) in [4.78, 5) is 32.0. The van der Waals surface area contributed by atoms with E-state index in [-0.39, 0.29) is 12.8 Å². The minimum absolute atomic E-state index is 0.0663. The van der Waals surface area contributed by atoms with Crippen molar-refractivity contribution in [2.75, 3.05) is 0 Å². The van der Waals surface area contributed by atoms with E-state index in [1.54, 1.807) is 0 Å².